The zero-order chi connectivity index (χ0) is 15.3. The lowest BCUT2D eigenvalue weighted by Gasteiger charge is -2.16. The molecule has 0 spiro atoms. The zero-order valence-electron chi connectivity index (χ0n) is 11.8. The minimum absolute atomic E-state index is 0.170. The minimum Gasteiger partial charge on any atom is -0.480 e. The molecule has 1 aromatic rings. The van der Waals surface area contributed by atoms with Gasteiger partial charge in [-0.15, -0.1) is 0 Å². The lowest BCUT2D eigenvalue weighted by molar-refractivity contribution is -0.139. The second-order valence-electron chi connectivity index (χ2n) is 5.02. The van der Waals surface area contributed by atoms with Crippen molar-refractivity contribution < 1.29 is 14.7 Å². The van der Waals surface area contributed by atoms with Crippen LogP contribution >= 0.6 is 11.6 Å². The van der Waals surface area contributed by atoms with E-state index < -0.39 is 17.9 Å². The van der Waals surface area contributed by atoms with Gasteiger partial charge in [0, 0.05) is 11.3 Å². The van der Waals surface area contributed by atoms with Crippen molar-refractivity contribution in [2.24, 2.45) is 5.92 Å². The van der Waals surface area contributed by atoms with Crippen LogP contribution in [0.25, 0.3) is 0 Å². The Hall–Kier alpha value is -1.62. The minimum atomic E-state index is -1.04. The fourth-order valence-corrected chi connectivity index (χ4v) is 2.02. The highest BCUT2D eigenvalue weighted by molar-refractivity contribution is 6.29. The molecule has 0 aliphatic heterocycles. The number of pyridine rings is 1. The summed E-state index contributed by atoms with van der Waals surface area (Å²) in [6, 6.07) is 2.15. The van der Waals surface area contributed by atoms with Crippen molar-refractivity contribution in [1.29, 1.82) is 0 Å². The van der Waals surface area contributed by atoms with Crippen LogP contribution in [0.4, 0.5) is 0 Å². The van der Waals surface area contributed by atoms with Gasteiger partial charge in [0.05, 0.1) is 0 Å². The standard InChI is InChI=1S/C14H19ClN2O3/c1-4-10-6-9(7-12(15)16-10)13(18)17-11(14(19)20)5-8(2)3/h6-8,11H,4-5H2,1-3H3,(H,17,18)(H,19,20)/t11-/m0/s1. The van der Waals surface area contributed by atoms with E-state index in [1.165, 1.54) is 6.07 Å². The molecule has 1 rings (SSSR count). The molecule has 0 saturated heterocycles. The number of nitrogens with zero attached hydrogens (tertiary/aromatic N) is 1. The summed E-state index contributed by atoms with van der Waals surface area (Å²) in [5.41, 5.74) is 1.02. The molecule has 0 fully saturated rings. The molecule has 5 nitrogen and oxygen atoms in total. The molecule has 2 N–H and O–H groups in total. The average Bonchev–Trinajstić information content (AvgIpc) is 2.36. The van der Waals surface area contributed by atoms with Crippen molar-refractivity contribution in [3.63, 3.8) is 0 Å². The number of carboxylic acids is 1. The Labute approximate surface area is 123 Å². The molecule has 0 unspecified atom stereocenters. The van der Waals surface area contributed by atoms with Crippen LogP contribution in [-0.4, -0.2) is 28.0 Å². The third-order valence-corrected chi connectivity index (χ3v) is 2.98. The topological polar surface area (TPSA) is 79.3 Å². The second kappa shape index (κ2) is 7.24. The van der Waals surface area contributed by atoms with Gasteiger partial charge in [0.25, 0.3) is 5.91 Å². The predicted octanol–water partition coefficient (Wildman–Crippen LogP) is 2.53. The van der Waals surface area contributed by atoms with E-state index in [1.807, 2.05) is 20.8 Å². The Bertz CT molecular complexity index is 503. The molecule has 1 atom stereocenters. The van der Waals surface area contributed by atoms with E-state index >= 15 is 0 Å². The normalized spacial score (nSPS) is 12.2. The zero-order valence-corrected chi connectivity index (χ0v) is 12.6. The van der Waals surface area contributed by atoms with Gasteiger partial charge in [-0.2, -0.15) is 0 Å². The quantitative estimate of drug-likeness (QED) is 0.791. The van der Waals surface area contributed by atoms with Crippen LogP contribution in [-0.2, 0) is 11.2 Å². The number of nitrogens with one attached hydrogen (secondary N) is 1. The van der Waals surface area contributed by atoms with Crippen molar-refractivity contribution in [2.75, 3.05) is 0 Å². The number of halogens is 1. The predicted molar refractivity (Wildman–Crippen MR) is 77.0 cm³/mol. The highest BCUT2D eigenvalue weighted by Crippen LogP contribution is 2.13. The molecule has 0 saturated carbocycles. The maximum atomic E-state index is 12.1. The Morgan fingerprint density at radius 1 is 1.40 bits per heavy atom. The van der Waals surface area contributed by atoms with Crippen LogP contribution in [0.1, 0.15) is 43.2 Å². The number of hydrogen-bond acceptors (Lipinski definition) is 3. The molecule has 1 aromatic heterocycles. The molecule has 6 heteroatoms. The van der Waals surface area contributed by atoms with Gasteiger partial charge in [-0.25, -0.2) is 9.78 Å². The Morgan fingerprint density at radius 3 is 2.55 bits per heavy atom. The van der Waals surface area contributed by atoms with E-state index in [1.54, 1.807) is 6.07 Å². The molecule has 0 aliphatic rings. The van der Waals surface area contributed by atoms with Gasteiger partial charge in [-0.05, 0) is 30.9 Å². The fraction of sp³-hybridized carbons (Fsp3) is 0.500. The van der Waals surface area contributed by atoms with Gasteiger partial charge in [-0.3, -0.25) is 4.79 Å². The van der Waals surface area contributed by atoms with Crippen molar-refractivity contribution in [3.8, 4) is 0 Å². The monoisotopic (exact) mass is 298 g/mol. The number of carbonyl (C=O) groups excluding carboxylic acids is 1. The van der Waals surface area contributed by atoms with Gasteiger partial charge < -0.3 is 10.4 Å². The molecule has 110 valence electrons. The van der Waals surface area contributed by atoms with Gasteiger partial charge in [0.15, 0.2) is 0 Å². The summed E-state index contributed by atoms with van der Waals surface area (Å²) >= 11 is 5.85. The number of aromatic nitrogens is 1. The summed E-state index contributed by atoms with van der Waals surface area (Å²) in [6.07, 6.45) is 1.02. The van der Waals surface area contributed by atoms with Gasteiger partial charge in [0.2, 0.25) is 0 Å². The molecule has 20 heavy (non-hydrogen) atoms. The first-order chi connectivity index (χ1) is 9.33. The Morgan fingerprint density at radius 2 is 2.05 bits per heavy atom. The van der Waals surface area contributed by atoms with E-state index in [-0.39, 0.29) is 11.1 Å². The molecule has 1 heterocycles. The number of aryl methyl sites for hydroxylation is 1. The molecule has 0 bridgehead atoms. The summed E-state index contributed by atoms with van der Waals surface area (Å²) in [5, 5.41) is 11.9. The van der Waals surface area contributed by atoms with Crippen LogP contribution in [0, 0.1) is 5.92 Å². The Kier molecular flexibility index (Phi) is 5.95. The maximum absolute atomic E-state index is 12.1. The van der Waals surface area contributed by atoms with Crippen LogP contribution in [0.15, 0.2) is 12.1 Å². The molecular weight excluding hydrogens is 280 g/mol. The summed E-state index contributed by atoms with van der Waals surface area (Å²) in [7, 11) is 0. The van der Waals surface area contributed by atoms with Crippen molar-refractivity contribution in [2.45, 2.75) is 39.7 Å². The molecule has 0 aromatic carbocycles. The van der Waals surface area contributed by atoms with E-state index in [4.69, 9.17) is 16.7 Å². The highest BCUT2D eigenvalue weighted by atomic mass is 35.5. The van der Waals surface area contributed by atoms with Crippen molar-refractivity contribution in [1.82, 2.24) is 10.3 Å². The first-order valence-electron chi connectivity index (χ1n) is 6.53. The third-order valence-electron chi connectivity index (χ3n) is 2.78. The van der Waals surface area contributed by atoms with Crippen LogP contribution in [0.3, 0.4) is 0 Å². The van der Waals surface area contributed by atoms with E-state index in [2.05, 4.69) is 10.3 Å². The molecule has 1 amide bonds. The molecule has 0 radical (unpaired) electrons. The lowest BCUT2D eigenvalue weighted by atomic mass is 10.0. The number of rotatable bonds is 6. The lowest BCUT2D eigenvalue weighted by Crippen LogP contribution is -2.41. The van der Waals surface area contributed by atoms with Crippen molar-refractivity contribution in [3.05, 3.63) is 28.5 Å². The first-order valence-corrected chi connectivity index (χ1v) is 6.91. The summed E-state index contributed by atoms with van der Waals surface area (Å²) < 4.78 is 0. The van der Waals surface area contributed by atoms with E-state index in [0.29, 0.717) is 24.1 Å². The number of hydrogen-bond donors (Lipinski definition) is 2. The molecule has 0 aliphatic carbocycles. The van der Waals surface area contributed by atoms with Crippen molar-refractivity contribution >= 4 is 23.5 Å². The fourth-order valence-electron chi connectivity index (χ4n) is 1.80. The van der Waals surface area contributed by atoms with Crippen LogP contribution in [0.5, 0.6) is 0 Å². The number of carboxylic acid groups (broad SMARTS) is 1. The summed E-state index contributed by atoms with van der Waals surface area (Å²) in [4.78, 5) is 27.3. The second-order valence-corrected chi connectivity index (χ2v) is 5.40. The number of aliphatic carboxylic acids is 1. The van der Waals surface area contributed by atoms with Crippen LogP contribution in [0.2, 0.25) is 5.15 Å². The van der Waals surface area contributed by atoms with Gasteiger partial charge in [0.1, 0.15) is 11.2 Å². The highest BCUT2D eigenvalue weighted by Gasteiger charge is 2.22. The summed E-state index contributed by atoms with van der Waals surface area (Å²) in [5.74, 6) is -1.32. The molecular formula is C14H19ClN2O3. The largest absolute Gasteiger partial charge is 0.480 e. The number of amides is 1. The maximum Gasteiger partial charge on any atom is 0.326 e. The van der Waals surface area contributed by atoms with Crippen LogP contribution < -0.4 is 5.32 Å². The number of carbonyl (C=O) groups is 2. The van der Waals surface area contributed by atoms with Gasteiger partial charge in [-0.1, -0.05) is 32.4 Å². The van der Waals surface area contributed by atoms with E-state index in [0.717, 1.165) is 0 Å². The average molecular weight is 299 g/mol. The third kappa shape index (κ3) is 4.81. The van der Waals surface area contributed by atoms with Gasteiger partial charge >= 0.3 is 5.97 Å². The first kappa shape index (κ1) is 16.4. The van der Waals surface area contributed by atoms with E-state index in [9.17, 15) is 9.59 Å². The SMILES string of the molecule is CCc1cc(C(=O)N[C@@H](CC(C)C)C(=O)O)cc(Cl)n1. The summed E-state index contributed by atoms with van der Waals surface area (Å²) in [6.45, 7) is 5.71. The Balaban J connectivity index is 2.88. The smallest absolute Gasteiger partial charge is 0.326 e.